The summed E-state index contributed by atoms with van der Waals surface area (Å²) in [5.74, 6) is 0.795. The molecule has 0 saturated carbocycles. The Bertz CT molecular complexity index is 543. The number of nitrogens with zero attached hydrogens (tertiary/aromatic N) is 1. The zero-order valence-corrected chi connectivity index (χ0v) is 10.8. The largest absolute Gasteiger partial charge is 0.497 e. The highest BCUT2D eigenvalue weighted by molar-refractivity contribution is 5.31. The fourth-order valence-corrected chi connectivity index (χ4v) is 1.85. The van der Waals surface area contributed by atoms with Gasteiger partial charge >= 0.3 is 0 Å². The Morgan fingerprint density at radius 1 is 1.11 bits per heavy atom. The highest BCUT2D eigenvalue weighted by Gasteiger charge is 2.09. The van der Waals surface area contributed by atoms with Crippen LogP contribution in [-0.2, 0) is 6.54 Å². The number of nitriles is 1. The van der Waals surface area contributed by atoms with Gasteiger partial charge in [-0.15, -0.1) is 0 Å². The van der Waals surface area contributed by atoms with E-state index < -0.39 is 0 Å². The van der Waals surface area contributed by atoms with E-state index in [1.807, 2.05) is 54.6 Å². The number of benzene rings is 2. The molecule has 0 amide bonds. The first-order valence-electron chi connectivity index (χ1n) is 6.14. The van der Waals surface area contributed by atoms with Crippen molar-refractivity contribution in [2.45, 2.75) is 12.6 Å². The van der Waals surface area contributed by atoms with Crippen molar-refractivity contribution in [1.29, 1.82) is 5.26 Å². The van der Waals surface area contributed by atoms with Crippen molar-refractivity contribution >= 4 is 0 Å². The van der Waals surface area contributed by atoms with Crippen LogP contribution in [-0.4, -0.2) is 7.11 Å². The molecule has 2 rings (SSSR count). The van der Waals surface area contributed by atoms with E-state index in [9.17, 15) is 5.26 Å². The van der Waals surface area contributed by atoms with Gasteiger partial charge in [-0.05, 0) is 23.3 Å². The van der Waals surface area contributed by atoms with Crippen molar-refractivity contribution < 1.29 is 4.74 Å². The molecular weight excluding hydrogens is 236 g/mol. The van der Waals surface area contributed by atoms with E-state index in [0.717, 1.165) is 16.9 Å². The molecule has 2 aromatic rings. The lowest BCUT2D eigenvalue weighted by Gasteiger charge is -2.12. The number of hydrogen-bond donors (Lipinski definition) is 1. The fraction of sp³-hybridized carbons (Fsp3) is 0.188. The zero-order chi connectivity index (χ0) is 13.5. The smallest absolute Gasteiger partial charge is 0.121 e. The van der Waals surface area contributed by atoms with Crippen LogP contribution < -0.4 is 10.1 Å². The van der Waals surface area contributed by atoms with Crippen LogP contribution in [0.15, 0.2) is 54.6 Å². The van der Waals surface area contributed by atoms with Gasteiger partial charge in [0.15, 0.2) is 0 Å². The number of ether oxygens (including phenoxy) is 1. The van der Waals surface area contributed by atoms with E-state index in [1.165, 1.54) is 0 Å². The highest BCUT2D eigenvalue weighted by Crippen LogP contribution is 2.17. The van der Waals surface area contributed by atoms with Crippen LogP contribution in [0.25, 0.3) is 0 Å². The molecular formula is C16H16N2O. The van der Waals surface area contributed by atoms with Gasteiger partial charge < -0.3 is 4.74 Å². The molecule has 19 heavy (non-hydrogen) atoms. The summed E-state index contributed by atoms with van der Waals surface area (Å²) < 4.78 is 5.11. The number of rotatable bonds is 5. The number of nitrogens with one attached hydrogen (secondary N) is 1. The van der Waals surface area contributed by atoms with E-state index >= 15 is 0 Å². The van der Waals surface area contributed by atoms with Crippen LogP contribution in [0.1, 0.15) is 17.2 Å². The van der Waals surface area contributed by atoms with Crippen molar-refractivity contribution in [3.8, 4) is 11.8 Å². The summed E-state index contributed by atoms with van der Waals surface area (Å²) in [6, 6.07) is 19.5. The highest BCUT2D eigenvalue weighted by atomic mass is 16.5. The third-order valence-electron chi connectivity index (χ3n) is 2.93. The van der Waals surface area contributed by atoms with Gasteiger partial charge in [0.2, 0.25) is 0 Å². The SMILES string of the molecule is COc1ccc(C(C#N)NCc2ccccc2)cc1. The van der Waals surface area contributed by atoms with Crippen LogP contribution in [0.4, 0.5) is 0 Å². The predicted molar refractivity (Wildman–Crippen MR) is 74.6 cm³/mol. The zero-order valence-electron chi connectivity index (χ0n) is 10.8. The minimum atomic E-state index is -0.314. The van der Waals surface area contributed by atoms with Crippen molar-refractivity contribution in [2.75, 3.05) is 7.11 Å². The first kappa shape index (κ1) is 13.1. The summed E-state index contributed by atoms with van der Waals surface area (Å²) in [5, 5.41) is 12.5. The molecule has 2 aromatic carbocycles. The number of hydrogen-bond acceptors (Lipinski definition) is 3. The lowest BCUT2D eigenvalue weighted by molar-refractivity contribution is 0.414. The van der Waals surface area contributed by atoms with Gasteiger partial charge in [0.25, 0.3) is 0 Å². The van der Waals surface area contributed by atoms with E-state index in [4.69, 9.17) is 4.74 Å². The van der Waals surface area contributed by atoms with E-state index in [2.05, 4.69) is 11.4 Å². The molecule has 0 aromatic heterocycles. The third-order valence-corrected chi connectivity index (χ3v) is 2.93. The van der Waals surface area contributed by atoms with Crippen molar-refractivity contribution in [1.82, 2.24) is 5.32 Å². The maximum atomic E-state index is 9.24. The lowest BCUT2D eigenvalue weighted by atomic mass is 10.1. The molecule has 0 aliphatic carbocycles. The second kappa shape index (κ2) is 6.58. The predicted octanol–water partition coefficient (Wildman–Crippen LogP) is 3.05. The maximum absolute atomic E-state index is 9.24. The van der Waals surface area contributed by atoms with Crippen molar-refractivity contribution in [2.24, 2.45) is 0 Å². The van der Waals surface area contributed by atoms with Crippen molar-refractivity contribution in [3.63, 3.8) is 0 Å². The topological polar surface area (TPSA) is 45.0 Å². The molecule has 0 fully saturated rings. The van der Waals surface area contributed by atoms with Crippen LogP contribution in [0.2, 0.25) is 0 Å². The van der Waals surface area contributed by atoms with Crippen LogP contribution in [0.5, 0.6) is 5.75 Å². The van der Waals surface area contributed by atoms with Crippen LogP contribution in [0.3, 0.4) is 0 Å². The fourth-order valence-electron chi connectivity index (χ4n) is 1.85. The van der Waals surface area contributed by atoms with E-state index in [1.54, 1.807) is 7.11 Å². The third kappa shape index (κ3) is 3.57. The molecule has 1 atom stereocenters. The summed E-state index contributed by atoms with van der Waals surface area (Å²) in [4.78, 5) is 0. The van der Waals surface area contributed by atoms with Gasteiger partial charge in [-0.1, -0.05) is 42.5 Å². The van der Waals surface area contributed by atoms with Crippen LogP contribution in [0, 0.1) is 11.3 Å². The molecule has 0 bridgehead atoms. The Balaban J connectivity index is 2.02. The van der Waals surface area contributed by atoms with Gasteiger partial charge in [-0.25, -0.2) is 0 Å². The van der Waals surface area contributed by atoms with Gasteiger partial charge in [0.05, 0.1) is 13.2 Å². The Morgan fingerprint density at radius 3 is 2.37 bits per heavy atom. The summed E-state index contributed by atoms with van der Waals surface area (Å²) in [5.41, 5.74) is 2.11. The summed E-state index contributed by atoms with van der Waals surface area (Å²) in [6.07, 6.45) is 0. The first-order chi connectivity index (χ1) is 9.33. The Morgan fingerprint density at radius 2 is 1.79 bits per heavy atom. The average molecular weight is 252 g/mol. The molecule has 3 heteroatoms. The summed E-state index contributed by atoms with van der Waals surface area (Å²) >= 11 is 0. The molecule has 96 valence electrons. The minimum absolute atomic E-state index is 0.314. The Kier molecular flexibility index (Phi) is 4.54. The normalized spacial score (nSPS) is 11.6. The lowest BCUT2D eigenvalue weighted by Crippen LogP contribution is -2.19. The quantitative estimate of drug-likeness (QED) is 0.889. The molecule has 1 unspecified atom stereocenters. The summed E-state index contributed by atoms with van der Waals surface area (Å²) in [6.45, 7) is 0.672. The molecule has 0 aliphatic heterocycles. The first-order valence-corrected chi connectivity index (χ1v) is 6.14. The van der Waals surface area contributed by atoms with Gasteiger partial charge in [0.1, 0.15) is 11.8 Å². The molecule has 1 N–H and O–H groups in total. The number of methoxy groups -OCH3 is 1. The second-order valence-corrected chi connectivity index (χ2v) is 4.20. The maximum Gasteiger partial charge on any atom is 0.121 e. The van der Waals surface area contributed by atoms with Gasteiger partial charge in [-0.3, -0.25) is 5.32 Å². The summed E-state index contributed by atoms with van der Waals surface area (Å²) in [7, 11) is 1.63. The van der Waals surface area contributed by atoms with E-state index in [0.29, 0.717) is 6.54 Å². The molecule has 0 radical (unpaired) electrons. The standard InChI is InChI=1S/C16H16N2O/c1-19-15-9-7-14(8-10-15)16(11-17)18-12-13-5-3-2-4-6-13/h2-10,16,18H,12H2,1H3. The Hall–Kier alpha value is -2.31. The monoisotopic (exact) mass is 252 g/mol. The molecule has 3 nitrogen and oxygen atoms in total. The molecule has 0 saturated heterocycles. The van der Waals surface area contributed by atoms with Crippen LogP contribution >= 0.6 is 0 Å². The van der Waals surface area contributed by atoms with Crippen molar-refractivity contribution in [3.05, 3.63) is 65.7 Å². The average Bonchev–Trinajstić information content (AvgIpc) is 2.49. The van der Waals surface area contributed by atoms with Gasteiger partial charge in [0, 0.05) is 6.54 Å². The Labute approximate surface area is 113 Å². The minimum Gasteiger partial charge on any atom is -0.497 e. The second-order valence-electron chi connectivity index (χ2n) is 4.20. The van der Waals surface area contributed by atoms with E-state index in [-0.39, 0.29) is 6.04 Å². The molecule has 0 aliphatic rings. The van der Waals surface area contributed by atoms with Gasteiger partial charge in [-0.2, -0.15) is 5.26 Å². The molecule has 0 heterocycles. The molecule has 0 spiro atoms.